The number of halogens is 1. The van der Waals surface area contributed by atoms with E-state index in [1.807, 2.05) is 24.3 Å². The fourth-order valence-electron chi connectivity index (χ4n) is 2.63. The van der Waals surface area contributed by atoms with Crippen molar-refractivity contribution >= 4 is 40.1 Å². The molecule has 1 heterocycles. The summed E-state index contributed by atoms with van der Waals surface area (Å²) in [7, 11) is 1.59. The maximum atomic E-state index is 13.1. The summed E-state index contributed by atoms with van der Waals surface area (Å²) in [5.74, 6) is 1.46. The minimum absolute atomic E-state index is 0.0523. The van der Waals surface area contributed by atoms with E-state index < -0.39 is 0 Å². The SMILES string of the molecule is CC[C@H]1CSC(=Nc2ccc(Cl)cc2)N1C(=O)c1cccc(OC)c1. The van der Waals surface area contributed by atoms with Crippen LogP contribution in [-0.4, -0.2) is 34.9 Å². The van der Waals surface area contributed by atoms with Crippen LogP contribution >= 0.6 is 23.4 Å². The van der Waals surface area contributed by atoms with Crippen molar-refractivity contribution in [3.63, 3.8) is 0 Å². The van der Waals surface area contributed by atoms with Gasteiger partial charge in [-0.1, -0.05) is 36.4 Å². The standard InChI is InChI=1S/C19H19ClN2O2S/c1-3-16-12-25-19(21-15-9-7-14(20)8-10-15)22(16)18(23)13-5-4-6-17(11-13)24-2/h4-11,16H,3,12H2,1-2H3/t16-/m0/s1. The Balaban J connectivity index is 1.93. The predicted molar refractivity (Wildman–Crippen MR) is 104 cm³/mol. The molecule has 0 aromatic heterocycles. The van der Waals surface area contributed by atoms with Gasteiger partial charge in [0.1, 0.15) is 5.75 Å². The average Bonchev–Trinajstić information content (AvgIpc) is 3.05. The largest absolute Gasteiger partial charge is 0.497 e. The Labute approximate surface area is 156 Å². The molecule has 25 heavy (non-hydrogen) atoms. The van der Waals surface area contributed by atoms with Crippen LogP contribution in [0.5, 0.6) is 5.75 Å². The first-order chi connectivity index (χ1) is 12.1. The normalized spacial score (nSPS) is 18.6. The molecule has 1 fully saturated rings. The second kappa shape index (κ2) is 7.93. The molecule has 1 aliphatic heterocycles. The highest BCUT2D eigenvalue weighted by Gasteiger charge is 2.34. The van der Waals surface area contributed by atoms with Crippen LogP contribution in [0.4, 0.5) is 5.69 Å². The van der Waals surface area contributed by atoms with Gasteiger partial charge in [-0.25, -0.2) is 4.99 Å². The number of hydrogen-bond donors (Lipinski definition) is 0. The molecule has 2 aromatic carbocycles. The Morgan fingerprint density at radius 1 is 1.32 bits per heavy atom. The maximum Gasteiger partial charge on any atom is 0.260 e. The molecule has 0 radical (unpaired) electrons. The summed E-state index contributed by atoms with van der Waals surface area (Å²) in [4.78, 5) is 19.6. The van der Waals surface area contributed by atoms with Crippen LogP contribution < -0.4 is 4.74 Å². The summed E-state index contributed by atoms with van der Waals surface area (Å²) >= 11 is 7.54. The predicted octanol–water partition coefficient (Wildman–Crippen LogP) is 5.00. The summed E-state index contributed by atoms with van der Waals surface area (Å²) in [6, 6.07) is 14.7. The molecule has 3 rings (SSSR count). The Morgan fingerprint density at radius 3 is 2.76 bits per heavy atom. The number of nitrogens with zero attached hydrogens (tertiary/aromatic N) is 2. The molecule has 0 spiro atoms. The first-order valence-electron chi connectivity index (χ1n) is 8.07. The van der Waals surface area contributed by atoms with Crippen molar-refractivity contribution < 1.29 is 9.53 Å². The molecular weight excluding hydrogens is 356 g/mol. The van der Waals surface area contributed by atoms with Crippen molar-refractivity contribution in [1.82, 2.24) is 4.90 Å². The number of amidine groups is 1. The fourth-order valence-corrected chi connectivity index (χ4v) is 4.02. The van der Waals surface area contributed by atoms with E-state index in [0.717, 1.165) is 23.0 Å². The number of rotatable bonds is 4. The Kier molecular flexibility index (Phi) is 5.66. The summed E-state index contributed by atoms with van der Waals surface area (Å²) in [5, 5.41) is 1.39. The van der Waals surface area contributed by atoms with Crippen LogP contribution in [-0.2, 0) is 0 Å². The molecule has 130 valence electrons. The number of hydrogen-bond acceptors (Lipinski definition) is 4. The molecule has 1 atom stereocenters. The highest BCUT2D eigenvalue weighted by Crippen LogP contribution is 2.31. The lowest BCUT2D eigenvalue weighted by Crippen LogP contribution is -2.39. The quantitative estimate of drug-likeness (QED) is 0.755. The minimum Gasteiger partial charge on any atom is -0.497 e. The van der Waals surface area contributed by atoms with Gasteiger partial charge in [0.15, 0.2) is 5.17 Å². The van der Waals surface area contributed by atoms with Gasteiger partial charge in [0.2, 0.25) is 0 Å². The number of thioether (sulfide) groups is 1. The lowest BCUT2D eigenvalue weighted by atomic mass is 10.1. The number of methoxy groups -OCH3 is 1. The topological polar surface area (TPSA) is 41.9 Å². The van der Waals surface area contributed by atoms with Crippen molar-refractivity contribution in [3.8, 4) is 5.75 Å². The summed E-state index contributed by atoms with van der Waals surface area (Å²) in [6.07, 6.45) is 0.877. The number of benzene rings is 2. The van der Waals surface area contributed by atoms with Crippen LogP contribution in [0.2, 0.25) is 5.02 Å². The number of ether oxygens (including phenoxy) is 1. The first-order valence-corrected chi connectivity index (χ1v) is 9.43. The second-order valence-electron chi connectivity index (χ2n) is 5.65. The van der Waals surface area contributed by atoms with Crippen molar-refractivity contribution in [3.05, 3.63) is 59.1 Å². The molecule has 0 saturated carbocycles. The summed E-state index contributed by atoms with van der Waals surface area (Å²) in [6.45, 7) is 2.09. The number of carbonyl (C=O) groups is 1. The van der Waals surface area contributed by atoms with Gasteiger partial charge in [-0.2, -0.15) is 0 Å². The molecule has 1 amide bonds. The third kappa shape index (κ3) is 3.99. The van der Waals surface area contributed by atoms with E-state index in [2.05, 4.69) is 11.9 Å². The van der Waals surface area contributed by atoms with E-state index in [1.54, 1.807) is 48.0 Å². The molecule has 2 aromatic rings. The third-order valence-electron chi connectivity index (χ3n) is 4.03. The van der Waals surface area contributed by atoms with Gasteiger partial charge in [0.25, 0.3) is 5.91 Å². The summed E-state index contributed by atoms with van der Waals surface area (Å²) < 4.78 is 5.24. The van der Waals surface area contributed by atoms with Gasteiger partial charge in [-0.15, -0.1) is 0 Å². The van der Waals surface area contributed by atoms with E-state index in [9.17, 15) is 4.79 Å². The molecule has 0 aliphatic carbocycles. The van der Waals surface area contributed by atoms with Crippen molar-refractivity contribution in [2.24, 2.45) is 4.99 Å². The minimum atomic E-state index is -0.0523. The summed E-state index contributed by atoms with van der Waals surface area (Å²) in [5.41, 5.74) is 1.39. The Bertz CT molecular complexity index is 792. The monoisotopic (exact) mass is 374 g/mol. The zero-order valence-electron chi connectivity index (χ0n) is 14.1. The van der Waals surface area contributed by atoms with Crippen LogP contribution in [0.15, 0.2) is 53.5 Å². The van der Waals surface area contributed by atoms with Crippen molar-refractivity contribution in [1.29, 1.82) is 0 Å². The molecule has 1 saturated heterocycles. The fraction of sp³-hybridized carbons (Fsp3) is 0.263. The molecule has 0 unspecified atom stereocenters. The molecular formula is C19H19ClN2O2S. The second-order valence-corrected chi connectivity index (χ2v) is 7.07. The molecule has 6 heteroatoms. The molecule has 1 aliphatic rings. The van der Waals surface area contributed by atoms with Gasteiger partial charge in [-0.05, 0) is 48.9 Å². The van der Waals surface area contributed by atoms with Crippen molar-refractivity contribution in [2.75, 3.05) is 12.9 Å². The lowest BCUT2D eigenvalue weighted by molar-refractivity contribution is 0.0819. The van der Waals surface area contributed by atoms with Gasteiger partial charge in [0, 0.05) is 22.4 Å². The lowest BCUT2D eigenvalue weighted by Gasteiger charge is -2.23. The van der Waals surface area contributed by atoms with Gasteiger partial charge in [-0.3, -0.25) is 9.69 Å². The molecule has 4 nitrogen and oxygen atoms in total. The van der Waals surface area contributed by atoms with Crippen LogP contribution in [0, 0.1) is 0 Å². The van der Waals surface area contributed by atoms with E-state index in [4.69, 9.17) is 16.3 Å². The van der Waals surface area contributed by atoms with Gasteiger partial charge >= 0.3 is 0 Å². The first kappa shape index (κ1) is 17.8. The van der Waals surface area contributed by atoms with Gasteiger partial charge < -0.3 is 4.74 Å². The van der Waals surface area contributed by atoms with E-state index in [0.29, 0.717) is 16.3 Å². The Morgan fingerprint density at radius 2 is 2.08 bits per heavy atom. The highest BCUT2D eigenvalue weighted by molar-refractivity contribution is 8.14. The van der Waals surface area contributed by atoms with Gasteiger partial charge in [0.05, 0.1) is 12.8 Å². The highest BCUT2D eigenvalue weighted by atomic mass is 35.5. The van der Waals surface area contributed by atoms with E-state index in [1.165, 1.54) is 0 Å². The van der Waals surface area contributed by atoms with E-state index in [-0.39, 0.29) is 11.9 Å². The number of carbonyl (C=O) groups excluding carboxylic acids is 1. The third-order valence-corrected chi connectivity index (χ3v) is 5.38. The number of aliphatic imine (C=N–C) groups is 1. The maximum absolute atomic E-state index is 13.1. The zero-order chi connectivity index (χ0) is 17.8. The van der Waals surface area contributed by atoms with Crippen molar-refractivity contribution in [2.45, 2.75) is 19.4 Å². The van der Waals surface area contributed by atoms with Crippen LogP contribution in [0.25, 0.3) is 0 Å². The average molecular weight is 375 g/mol. The smallest absolute Gasteiger partial charge is 0.260 e. The molecule has 0 bridgehead atoms. The Hall–Kier alpha value is -1.98. The zero-order valence-corrected chi connectivity index (χ0v) is 15.7. The molecule has 0 N–H and O–H groups in total. The van der Waals surface area contributed by atoms with E-state index >= 15 is 0 Å². The number of amides is 1. The van der Waals surface area contributed by atoms with Crippen LogP contribution in [0.3, 0.4) is 0 Å². The van der Waals surface area contributed by atoms with Crippen LogP contribution in [0.1, 0.15) is 23.7 Å².